The summed E-state index contributed by atoms with van der Waals surface area (Å²) in [6.45, 7) is 5.55. The third kappa shape index (κ3) is 3.00. The normalized spacial score (nSPS) is 16.6. The van der Waals surface area contributed by atoms with Crippen LogP contribution in [0, 0.1) is 6.92 Å². The second-order valence-electron chi connectivity index (χ2n) is 4.22. The Morgan fingerprint density at radius 3 is 2.94 bits per heavy atom. The molecule has 2 rings (SSSR count). The number of hydrogen-bond acceptors (Lipinski definition) is 6. The van der Waals surface area contributed by atoms with E-state index in [4.69, 9.17) is 9.47 Å². The molecule has 0 aliphatic carbocycles. The van der Waals surface area contributed by atoms with Crippen molar-refractivity contribution in [3.8, 4) is 0 Å². The van der Waals surface area contributed by atoms with Crippen molar-refractivity contribution in [2.24, 2.45) is 0 Å². The van der Waals surface area contributed by atoms with Crippen molar-refractivity contribution in [1.29, 1.82) is 0 Å². The second-order valence-corrected chi connectivity index (χ2v) is 5.00. The Morgan fingerprint density at radius 1 is 1.56 bits per heavy atom. The van der Waals surface area contributed by atoms with Crippen LogP contribution in [-0.2, 0) is 9.47 Å². The van der Waals surface area contributed by atoms with Gasteiger partial charge in [-0.1, -0.05) is 0 Å². The number of aromatic nitrogens is 1. The second kappa shape index (κ2) is 6.15. The fourth-order valence-electron chi connectivity index (χ4n) is 1.94. The lowest BCUT2D eigenvalue weighted by Gasteiger charge is -2.23. The Kier molecular flexibility index (Phi) is 4.54. The molecule has 1 aliphatic heterocycles. The molecule has 2 heterocycles. The molecule has 18 heavy (non-hydrogen) atoms. The molecule has 0 bridgehead atoms. The largest absolute Gasteiger partial charge is 0.462 e. The highest BCUT2D eigenvalue weighted by atomic mass is 32.1. The van der Waals surface area contributed by atoms with Gasteiger partial charge in [-0.3, -0.25) is 0 Å². The minimum absolute atomic E-state index is 0.293. The maximum atomic E-state index is 11.9. The van der Waals surface area contributed by atoms with Crippen LogP contribution in [0.4, 0.5) is 5.00 Å². The first-order valence-electron chi connectivity index (χ1n) is 6.20. The SMILES string of the molecule is CCOC(=O)c1c(C)nsc1NC1CCOCC1. The summed E-state index contributed by atoms with van der Waals surface area (Å²) in [5, 5.41) is 4.20. The van der Waals surface area contributed by atoms with Gasteiger partial charge < -0.3 is 14.8 Å². The summed E-state index contributed by atoms with van der Waals surface area (Å²) < 4.78 is 14.6. The third-order valence-corrected chi connectivity index (χ3v) is 3.77. The molecule has 0 saturated carbocycles. The summed E-state index contributed by atoms with van der Waals surface area (Å²) in [6.07, 6.45) is 1.92. The molecule has 6 heteroatoms. The van der Waals surface area contributed by atoms with Gasteiger partial charge in [-0.2, -0.15) is 4.37 Å². The first-order valence-corrected chi connectivity index (χ1v) is 6.97. The molecule has 0 atom stereocenters. The zero-order chi connectivity index (χ0) is 13.0. The molecule has 1 N–H and O–H groups in total. The van der Waals surface area contributed by atoms with Gasteiger partial charge >= 0.3 is 5.97 Å². The number of nitrogens with one attached hydrogen (secondary N) is 1. The minimum atomic E-state index is -0.293. The first kappa shape index (κ1) is 13.3. The number of esters is 1. The Morgan fingerprint density at radius 2 is 2.28 bits per heavy atom. The maximum Gasteiger partial charge on any atom is 0.343 e. The first-order chi connectivity index (χ1) is 8.72. The van der Waals surface area contributed by atoms with Crippen molar-refractivity contribution in [2.75, 3.05) is 25.1 Å². The Bertz CT molecular complexity index is 413. The van der Waals surface area contributed by atoms with Gasteiger partial charge in [0.25, 0.3) is 0 Å². The van der Waals surface area contributed by atoms with E-state index in [1.807, 2.05) is 6.92 Å². The zero-order valence-electron chi connectivity index (χ0n) is 10.7. The Labute approximate surface area is 111 Å². The van der Waals surface area contributed by atoms with Crippen LogP contribution in [0.2, 0.25) is 0 Å². The van der Waals surface area contributed by atoms with E-state index < -0.39 is 0 Å². The van der Waals surface area contributed by atoms with Crippen LogP contribution in [0.25, 0.3) is 0 Å². The molecule has 0 spiro atoms. The van der Waals surface area contributed by atoms with Crippen LogP contribution in [0.3, 0.4) is 0 Å². The van der Waals surface area contributed by atoms with Crippen molar-refractivity contribution in [3.63, 3.8) is 0 Å². The zero-order valence-corrected chi connectivity index (χ0v) is 11.5. The maximum absolute atomic E-state index is 11.9. The van der Waals surface area contributed by atoms with Gasteiger partial charge in [0.2, 0.25) is 0 Å². The van der Waals surface area contributed by atoms with E-state index in [1.165, 1.54) is 11.5 Å². The molecule has 1 aliphatic rings. The Hall–Kier alpha value is -1.14. The number of nitrogens with zero attached hydrogens (tertiary/aromatic N) is 1. The van der Waals surface area contributed by atoms with Crippen LogP contribution >= 0.6 is 11.5 Å². The number of ether oxygens (including phenoxy) is 2. The fraction of sp³-hybridized carbons (Fsp3) is 0.667. The number of rotatable bonds is 4. The molecule has 0 amide bonds. The number of carbonyl (C=O) groups excluding carboxylic acids is 1. The summed E-state index contributed by atoms with van der Waals surface area (Å²) in [6, 6.07) is 0.353. The van der Waals surface area contributed by atoms with E-state index in [0.717, 1.165) is 36.8 Å². The van der Waals surface area contributed by atoms with Crippen LogP contribution in [0.15, 0.2) is 0 Å². The van der Waals surface area contributed by atoms with Gasteiger partial charge in [0, 0.05) is 19.3 Å². The molecule has 1 aromatic rings. The summed E-state index contributed by atoms with van der Waals surface area (Å²) >= 11 is 1.32. The molecule has 0 unspecified atom stereocenters. The summed E-state index contributed by atoms with van der Waals surface area (Å²) in [7, 11) is 0. The van der Waals surface area contributed by atoms with Crippen molar-refractivity contribution >= 4 is 22.5 Å². The van der Waals surface area contributed by atoms with Crippen molar-refractivity contribution in [1.82, 2.24) is 4.37 Å². The van der Waals surface area contributed by atoms with E-state index >= 15 is 0 Å². The molecule has 1 fully saturated rings. The van der Waals surface area contributed by atoms with Gasteiger partial charge in [0.1, 0.15) is 10.6 Å². The monoisotopic (exact) mass is 270 g/mol. The third-order valence-electron chi connectivity index (χ3n) is 2.90. The highest BCUT2D eigenvalue weighted by Crippen LogP contribution is 2.27. The van der Waals surface area contributed by atoms with Gasteiger partial charge in [-0.25, -0.2) is 4.79 Å². The molecule has 1 aromatic heterocycles. The quantitative estimate of drug-likeness (QED) is 0.850. The van der Waals surface area contributed by atoms with Gasteiger partial charge in [-0.05, 0) is 38.2 Å². The lowest BCUT2D eigenvalue weighted by Crippen LogP contribution is -2.28. The predicted molar refractivity (Wildman–Crippen MR) is 70.3 cm³/mol. The highest BCUT2D eigenvalue weighted by Gasteiger charge is 2.22. The van der Waals surface area contributed by atoms with E-state index in [9.17, 15) is 4.79 Å². The number of anilines is 1. The van der Waals surface area contributed by atoms with Crippen LogP contribution in [0.5, 0.6) is 0 Å². The topological polar surface area (TPSA) is 60.5 Å². The van der Waals surface area contributed by atoms with Crippen LogP contribution in [-0.4, -0.2) is 36.2 Å². The Balaban J connectivity index is 2.09. The molecule has 5 nitrogen and oxygen atoms in total. The van der Waals surface area contributed by atoms with E-state index in [1.54, 1.807) is 6.92 Å². The number of aryl methyl sites for hydroxylation is 1. The minimum Gasteiger partial charge on any atom is -0.462 e. The van der Waals surface area contributed by atoms with E-state index in [-0.39, 0.29) is 5.97 Å². The molecule has 0 radical (unpaired) electrons. The van der Waals surface area contributed by atoms with Gasteiger partial charge in [0.15, 0.2) is 0 Å². The number of carbonyl (C=O) groups is 1. The van der Waals surface area contributed by atoms with Crippen LogP contribution in [0.1, 0.15) is 35.8 Å². The van der Waals surface area contributed by atoms with Crippen molar-refractivity contribution in [2.45, 2.75) is 32.7 Å². The summed E-state index contributed by atoms with van der Waals surface area (Å²) in [4.78, 5) is 11.9. The van der Waals surface area contributed by atoms with Gasteiger partial charge in [0.05, 0.1) is 12.3 Å². The molecule has 1 saturated heterocycles. The van der Waals surface area contributed by atoms with Crippen molar-refractivity contribution < 1.29 is 14.3 Å². The molecular weight excluding hydrogens is 252 g/mol. The average molecular weight is 270 g/mol. The number of hydrogen-bond donors (Lipinski definition) is 1. The average Bonchev–Trinajstić information content (AvgIpc) is 2.72. The van der Waals surface area contributed by atoms with Crippen LogP contribution < -0.4 is 5.32 Å². The molecular formula is C12H18N2O3S. The van der Waals surface area contributed by atoms with Gasteiger partial charge in [-0.15, -0.1) is 0 Å². The standard InChI is InChI=1S/C12H18N2O3S/c1-3-17-12(15)10-8(2)14-18-11(10)13-9-4-6-16-7-5-9/h9,13H,3-7H2,1-2H3. The molecule has 100 valence electrons. The lowest BCUT2D eigenvalue weighted by atomic mass is 10.1. The smallest absolute Gasteiger partial charge is 0.343 e. The summed E-state index contributed by atoms with van der Waals surface area (Å²) in [5.74, 6) is -0.293. The van der Waals surface area contributed by atoms with Crippen molar-refractivity contribution in [3.05, 3.63) is 11.3 Å². The highest BCUT2D eigenvalue weighted by molar-refractivity contribution is 7.10. The van der Waals surface area contributed by atoms with E-state index in [2.05, 4.69) is 9.69 Å². The molecule has 0 aromatic carbocycles. The fourth-order valence-corrected chi connectivity index (χ4v) is 2.80. The van der Waals surface area contributed by atoms with E-state index in [0.29, 0.717) is 18.2 Å². The predicted octanol–water partition coefficient (Wildman–Crippen LogP) is 2.22. The summed E-state index contributed by atoms with van der Waals surface area (Å²) in [5.41, 5.74) is 1.31. The lowest BCUT2D eigenvalue weighted by molar-refractivity contribution is 0.0526.